The molecule has 0 aromatic heterocycles. The zero-order valence-electron chi connectivity index (χ0n) is 9.70. The Labute approximate surface area is 90.1 Å². The number of esters is 1. The molecule has 0 aromatic rings. The fourth-order valence-corrected chi connectivity index (χ4v) is 0.978. The summed E-state index contributed by atoms with van der Waals surface area (Å²) >= 11 is 0. The van der Waals surface area contributed by atoms with Gasteiger partial charge in [-0.15, -0.1) is 0 Å². The van der Waals surface area contributed by atoms with Crippen molar-refractivity contribution in [3.05, 3.63) is 0 Å². The Morgan fingerprint density at radius 2 is 1.87 bits per heavy atom. The smallest absolute Gasteiger partial charge is 0.330 e. The van der Waals surface area contributed by atoms with Gasteiger partial charge in [0.1, 0.15) is 0 Å². The van der Waals surface area contributed by atoms with Gasteiger partial charge in [-0.3, -0.25) is 4.79 Å². The lowest BCUT2D eigenvalue weighted by Crippen LogP contribution is -2.43. The average molecular weight is 217 g/mol. The molecule has 0 rings (SSSR count). The number of ether oxygens (including phenoxy) is 2. The topological polar surface area (TPSA) is 64.6 Å². The van der Waals surface area contributed by atoms with E-state index in [1.165, 1.54) is 14.0 Å². The summed E-state index contributed by atoms with van der Waals surface area (Å²) in [5, 5.41) is 2.47. The molecule has 0 aliphatic heterocycles. The van der Waals surface area contributed by atoms with E-state index in [2.05, 4.69) is 10.1 Å². The van der Waals surface area contributed by atoms with Crippen LogP contribution in [0.5, 0.6) is 0 Å². The van der Waals surface area contributed by atoms with Crippen molar-refractivity contribution in [1.82, 2.24) is 5.32 Å². The number of hydrogen-bond acceptors (Lipinski definition) is 4. The van der Waals surface area contributed by atoms with Crippen LogP contribution in [0, 0.1) is 5.92 Å². The summed E-state index contributed by atoms with van der Waals surface area (Å²) in [5.74, 6) is -0.381. The first-order chi connectivity index (χ1) is 6.97. The Morgan fingerprint density at radius 1 is 1.27 bits per heavy atom. The lowest BCUT2D eigenvalue weighted by atomic mass is 10.2. The average Bonchev–Trinajstić information content (AvgIpc) is 2.14. The van der Waals surface area contributed by atoms with Gasteiger partial charge in [0, 0.05) is 13.5 Å². The van der Waals surface area contributed by atoms with Crippen LogP contribution in [0.25, 0.3) is 0 Å². The number of carbonyl (C=O) groups excluding carboxylic acids is 2. The van der Waals surface area contributed by atoms with Crippen LogP contribution in [0.2, 0.25) is 0 Å². The Balaban J connectivity index is 4.01. The van der Waals surface area contributed by atoms with Gasteiger partial charge in [0.05, 0.1) is 13.7 Å². The second-order valence-corrected chi connectivity index (χ2v) is 3.71. The first-order valence-corrected chi connectivity index (χ1v) is 4.90. The van der Waals surface area contributed by atoms with Crippen molar-refractivity contribution in [2.75, 3.05) is 20.3 Å². The summed E-state index contributed by atoms with van der Waals surface area (Å²) in [6.07, 6.45) is 0. The van der Waals surface area contributed by atoms with E-state index in [0.29, 0.717) is 12.5 Å². The lowest BCUT2D eigenvalue weighted by Gasteiger charge is -2.16. The van der Waals surface area contributed by atoms with E-state index in [1.807, 2.05) is 13.8 Å². The summed E-state index contributed by atoms with van der Waals surface area (Å²) in [7, 11) is 1.28. The second-order valence-electron chi connectivity index (χ2n) is 3.71. The van der Waals surface area contributed by atoms with Crippen molar-refractivity contribution < 1.29 is 19.1 Å². The molecule has 15 heavy (non-hydrogen) atoms. The molecule has 0 radical (unpaired) electrons. The maximum Gasteiger partial charge on any atom is 0.330 e. The third-order valence-corrected chi connectivity index (χ3v) is 1.60. The van der Waals surface area contributed by atoms with Crippen LogP contribution in [0.15, 0.2) is 0 Å². The minimum atomic E-state index is -0.716. The van der Waals surface area contributed by atoms with Gasteiger partial charge in [-0.05, 0) is 5.92 Å². The van der Waals surface area contributed by atoms with Crippen LogP contribution in [0.1, 0.15) is 20.8 Å². The monoisotopic (exact) mass is 217 g/mol. The summed E-state index contributed by atoms with van der Waals surface area (Å²) < 4.78 is 9.80. The van der Waals surface area contributed by atoms with E-state index in [1.54, 1.807) is 0 Å². The molecule has 1 amide bonds. The van der Waals surface area contributed by atoms with Crippen LogP contribution < -0.4 is 5.32 Å². The van der Waals surface area contributed by atoms with Crippen molar-refractivity contribution in [2.24, 2.45) is 5.92 Å². The third-order valence-electron chi connectivity index (χ3n) is 1.60. The summed E-state index contributed by atoms with van der Waals surface area (Å²) in [5.41, 5.74) is 0. The normalized spacial score (nSPS) is 12.3. The maximum atomic E-state index is 11.2. The molecule has 1 atom stereocenters. The fraction of sp³-hybridized carbons (Fsp3) is 0.800. The molecule has 0 saturated carbocycles. The van der Waals surface area contributed by atoms with Crippen LogP contribution in [0.3, 0.4) is 0 Å². The van der Waals surface area contributed by atoms with Crippen LogP contribution in [-0.4, -0.2) is 38.2 Å². The molecule has 0 spiro atoms. The zero-order chi connectivity index (χ0) is 11.8. The number of rotatable bonds is 6. The van der Waals surface area contributed by atoms with Gasteiger partial charge in [0.25, 0.3) is 0 Å². The predicted octanol–water partition coefficient (Wildman–Crippen LogP) is 0.337. The molecule has 0 saturated heterocycles. The first kappa shape index (κ1) is 13.9. The number of methoxy groups -OCH3 is 1. The molecule has 5 heteroatoms. The molecule has 88 valence electrons. The Kier molecular flexibility index (Phi) is 6.70. The van der Waals surface area contributed by atoms with Crippen molar-refractivity contribution in [1.29, 1.82) is 0 Å². The van der Waals surface area contributed by atoms with E-state index in [0.717, 1.165) is 0 Å². The zero-order valence-corrected chi connectivity index (χ0v) is 9.70. The third kappa shape index (κ3) is 6.90. The van der Waals surface area contributed by atoms with E-state index in [4.69, 9.17) is 4.74 Å². The summed E-state index contributed by atoms with van der Waals surface area (Å²) in [4.78, 5) is 22.0. The highest BCUT2D eigenvalue weighted by molar-refractivity contribution is 5.83. The standard InChI is InChI=1S/C10H19NO4/c1-7(2)5-15-6-9(10(13)14-4)11-8(3)12/h7,9H,5-6H2,1-4H3,(H,11,12). The molecule has 0 fully saturated rings. The quantitative estimate of drug-likeness (QED) is 0.651. The van der Waals surface area contributed by atoms with E-state index >= 15 is 0 Å². The van der Waals surface area contributed by atoms with Crippen molar-refractivity contribution in [3.63, 3.8) is 0 Å². The number of nitrogens with one attached hydrogen (secondary N) is 1. The van der Waals surface area contributed by atoms with Gasteiger partial charge < -0.3 is 14.8 Å². The highest BCUT2D eigenvalue weighted by Crippen LogP contribution is 1.96. The van der Waals surface area contributed by atoms with Gasteiger partial charge in [-0.2, -0.15) is 0 Å². The summed E-state index contributed by atoms with van der Waals surface area (Å²) in [6, 6.07) is -0.716. The Morgan fingerprint density at radius 3 is 2.27 bits per heavy atom. The lowest BCUT2D eigenvalue weighted by molar-refractivity contribution is -0.146. The minimum absolute atomic E-state index is 0.143. The van der Waals surface area contributed by atoms with Crippen LogP contribution in [-0.2, 0) is 19.1 Å². The van der Waals surface area contributed by atoms with Gasteiger partial charge >= 0.3 is 5.97 Å². The summed E-state index contributed by atoms with van der Waals surface area (Å²) in [6.45, 7) is 6.05. The second kappa shape index (κ2) is 7.23. The Hall–Kier alpha value is -1.10. The number of amides is 1. The van der Waals surface area contributed by atoms with Crippen molar-refractivity contribution in [2.45, 2.75) is 26.8 Å². The molecule has 1 N–H and O–H groups in total. The van der Waals surface area contributed by atoms with Gasteiger partial charge in [-0.25, -0.2) is 4.79 Å². The Bertz CT molecular complexity index is 215. The maximum absolute atomic E-state index is 11.2. The van der Waals surface area contributed by atoms with Gasteiger partial charge in [0.2, 0.25) is 5.91 Å². The first-order valence-electron chi connectivity index (χ1n) is 4.90. The highest BCUT2D eigenvalue weighted by atomic mass is 16.5. The molecule has 0 aromatic carbocycles. The number of carbonyl (C=O) groups is 2. The highest BCUT2D eigenvalue weighted by Gasteiger charge is 2.20. The van der Waals surface area contributed by atoms with E-state index < -0.39 is 12.0 Å². The van der Waals surface area contributed by atoms with Crippen LogP contribution in [0.4, 0.5) is 0 Å². The van der Waals surface area contributed by atoms with Gasteiger partial charge in [-0.1, -0.05) is 13.8 Å². The predicted molar refractivity (Wildman–Crippen MR) is 55.3 cm³/mol. The fourth-order valence-electron chi connectivity index (χ4n) is 0.978. The SMILES string of the molecule is COC(=O)C(COCC(C)C)NC(C)=O. The van der Waals surface area contributed by atoms with E-state index in [9.17, 15) is 9.59 Å². The molecular weight excluding hydrogens is 198 g/mol. The number of hydrogen-bond donors (Lipinski definition) is 1. The largest absolute Gasteiger partial charge is 0.467 e. The van der Waals surface area contributed by atoms with E-state index in [-0.39, 0.29) is 12.5 Å². The molecule has 0 aliphatic carbocycles. The molecule has 0 aliphatic rings. The molecule has 5 nitrogen and oxygen atoms in total. The molecular formula is C10H19NO4. The van der Waals surface area contributed by atoms with Crippen LogP contribution >= 0.6 is 0 Å². The molecule has 0 bridgehead atoms. The van der Waals surface area contributed by atoms with Crippen molar-refractivity contribution >= 4 is 11.9 Å². The molecule has 1 unspecified atom stereocenters. The minimum Gasteiger partial charge on any atom is -0.467 e. The molecule has 0 heterocycles. The van der Waals surface area contributed by atoms with Crippen molar-refractivity contribution in [3.8, 4) is 0 Å². The van der Waals surface area contributed by atoms with Gasteiger partial charge in [0.15, 0.2) is 6.04 Å².